The van der Waals surface area contributed by atoms with Gasteiger partial charge in [0.1, 0.15) is 6.04 Å². The number of carbonyl (C=O) groups is 4. The van der Waals surface area contributed by atoms with Crippen molar-refractivity contribution >= 4 is 35.0 Å². The van der Waals surface area contributed by atoms with Gasteiger partial charge in [-0.1, -0.05) is 33.1 Å². The molecule has 1 spiro atoms. The third-order valence-corrected chi connectivity index (χ3v) is 10.9. The smallest absolute Gasteiger partial charge is 0.282 e. The molecule has 11 heteroatoms. The van der Waals surface area contributed by atoms with E-state index >= 15 is 0 Å². The summed E-state index contributed by atoms with van der Waals surface area (Å²) >= 11 is 1.28. The molecule has 1 unspecified atom stereocenters. The van der Waals surface area contributed by atoms with Crippen LogP contribution in [-0.4, -0.2) is 90.4 Å². The monoisotopic (exact) mass is 557 g/mol. The topological polar surface area (TPSA) is 121 Å². The normalized spacial score (nSPS) is 33.3. The number of nitrogens with one attached hydrogen (secondary N) is 2. The highest BCUT2D eigenvalue weighted by atomic mass is 32.1. The minimum Gasteiger partial charge on any atom is -0.375 e. The summed E-state index contributed by atoms with van der Waals surface area (Å²) in [5, 5.41) is 7.95. The molecule has 2 N–H and O–H groups in total. The molecular formula is C28H39N5O5S. The zero-order chi connectivity index (χ0) is 27.5. The molecule has 212 valence electrons. The Morgan fingerprint density at radius 1 is 1.18 bits per heavy atom. The van der Waals surface area contributed by atoms with Crippen molar-refractivity contribution in [3.63, 3.8) is 0 Å². The lowest BCUT2D eigenvalue weighted by molar-refractivity contribution is -0.151. The number of fused-ring (bicyclic) bond motifs is 3. The molecule has 4 saturated heterocycles. The molecule has 6 fully saturated rings. The Labute approximate surface area is 233 Å². The highest BCUT2D eigenvalue weighted by Gasteiger charge is 2.70. The Balaban J connectivity index is 1.31. The van der Waals surface area contributed by atoms with Gasteiger partial charge in [0.15, 0.2) is 5.01 Å². The van der Waals surface area contributed by atoms with Crippen LogP contribution in [0.4, 0.5) is 0 Å². The van der Waals surface area contributed by atoms with E-state index in [0.717, 1.165) is 12.8 Å². The van der Waals surface area contributed by atoms with Crippen molar-refractivity contribution in [2.24, 2.45) is 34.5 Å². The Morgan fingerprint density at radius 3 is 2.59 bits per heavy atom. The number of nitrogens with zero attached hydrogens (tertiary/aromatic N) is 3. The van der Waals surface area contributed by atoms with Gasteiger partial charge in [-0.3, -0.25) is 19.2 Å². The van der Waals surface area contributed by atoms with Crippen LogP contribution in [0.1, 0.15) is 55.8 Å². The number of likely N-dealkylation sites (tertiary alicyclic amines) is 1. The van der Waals surface area contributed by atoms with Gasteiger partial charge in [-0.2, -0.15) is 0 Å². The van der Waals surface area contributed by atoms with E-state index in [2.05, 4.69) is 29.5 Å². The molecule has 1 aromatic rings. The summed E-state index contributed by atoms with van der Waals surface area (Å²) in [5.41, 5.74) is -0.883. The summed E-state index contributed by atoms with van der Waals surface area (Å²) in [5.74, 6) is -1.26. The van der Waals surface area contributed by atoms with Gasteiger partial charge in [-0.25, -0.2) is 4.98 Å². The Bertz CT molecular complexity index is 1140. The van der Waals surface area contributed by atoms with Crippen LogP contribution >= 0.6 is 11.3 Å². The maximum atomic E-state index is 14.0. The first-order valence-electron chi connectivity index (χ1n) is 14.3. The maximum absolute atomic E-state index is 14.0. The molecule has 5 atom stereocenters. The number of thiazole rings is 1. The second kappa shape index (κ2) is 9.83. The first kappa shape index (κ1) is 26.7. The molecule has 5 heterocycles. The summed E-state index contributed by atoms with van der Waals surface area (Å²) in [6, 6.07) is -0.917. The highest BCUT2D eigenvalue weighted by molar-refractivity contribution is 7.11. The van der Waals surface area contributed by atoms with Crippen LogP contribution in [0.5, 0.6) is 0 Å². The van der Waals surface area contributed by atoms with Crippen LogP contribution in [0, 0.1) is 34.5 Å². The van der Waals surface area contributed by atoms with Crippen molar-refractivity contribution < 1.29 is 23.9 Å². The molecule has 0 aromatic carbocycles. The number of hydrogen-bond acceptors (Lipinski definition) is 7. The van der Waals surface area contributed by atoms with E-state index in [9.17, 15) is 19.2 Å². The molecule has 0 radical (unpaired) electrons. The molecule has 1 aromatic heterocycles. The van der Waals surface area contributed by atoms with Gasteiger partial charge in [0.25, 0.3) is 5.91 Å². The van der Waals surface area contributed by atoms with Gasteiger partial charge in [0.05, 0.1) is 12.0 Å². The quantitative estimate of drug-likeness (QED) is 0.567. The van der Waals surface area contributed by atoms with E-state index < -0.39 is 23.5 Å². The highest BCUT2D eigenvalue weighted by Crippen LogP contribution is 2.63. The van der Waals surface area contributed by atoms with Gasteiger partial charge in [0, 0.05) is 68.7 Å². The minimum atomic E-state index is -0.917. The maximum Gasteiger partial charge on any atom is 0.282 e. The Morgan fingerprint density at radius 2 is 1.92 bits per heavy atom. The molecule has 2 saturated carbocycles. The molecule has 7 rings (SSSR count). The van der Waals surface area contributed by atoms with Gasteiger partial charge in [0.2, 0.25) is 17.7 Å². The van der Waals surface area contributed by atoms with Crippen molar-refractivity contribution in [1.29, 1.82) is 0 Å². The number of rotatable bonds is 5. The number of hydrogen-bond donors (Lipinski definition) is 2. The average Bonchev–Trinajstić information content (AvgIpc) is 3.31. The van der Waals surface area contributed by atoms with E-state index in [1.807, 2.05) is 4.90 Å². The molecule has 10 nitrogen and oxygen atoms in total. The second-order valence-electron chi connectivity index (χ2n) is 12.9. The second-order valence-corrected chi connectivity index (χ2v) is 13.8. The fourth-order valence-electron chi connectivity index (χ4n) is 7.81. The third kappa shape index (κ3) is 4.45. The lowest BCUT2D eigenvalue weighted by Crippen LogP contribution is -2.65. The zero-order valence-corrected chi connectivity index (χ0v) is 23.8. The van der Waals surface area contributed by atoms with E-state index in [-0.39, 0.29) is 47.4 Å². The first-order chi connectivity index (χ1) is 18.7. The third-order valence-electron chi connectivity index (χ3n) is 10.1. The van der Waals surface area contributed by atoms with Crippen molar-refractivity contribution in [2.45, 2.75) is 58.1 Å². The molecule has 4 aliphatic heterocycles. The predicted molar refractivity (Wildman–Crippen MR) is 144 cm³/mol. The standard InChI is InChI=1S/C28H39N5O5S/c1-27(2)18-19(27)25(36)33-14-28(15-33)13-32(26(37)24-30-9-10-39-24)11-17(28)22(34)31-20(23(35)29-3)21(18)38-12-16-7-5-4-6-8-16/h9-10,16-21H,4-8,11-15H2,1-3H3,(H,29,35)(H,31,34)/t17-,18?,19+,20-,21+/m0/s1. The average molecular weight is 558 g/mol. The van der Waals surface area contributed by atoms with Crippen molar-refractivity contribution in [1.82, 2.24) is 25.4 Å². The van der Waals surface area contributed by atoms with Crippen molar-refractivity contribution in [3.05, 3.63) is 16.6 Å². The lowest BCUT2D eigenvalue weighted by Gasteiger charge is -2.50. The first-order valence-corrected chi connectivity index (χ1v) is 15.2. The van der Waals surface area contributed by atoms with Gasteiger partial charge in [-0.15, -0.1) is 11.3 Å². The van der Waals surface area contributed by atoms with E-state index in [4.69, 9.17) is 4.74 Å². The van der Waals surface area contributed by atoms with Crippen LogP contribution in [-0.2, 0) is 19.1 Å². The fourth-order valence-corrected chi connectivity index (χ4v) is 8.41. The molecule has 39 heavy (non-hydrogen) atoms. The number of likely N-dealkylation sites (N-methyl/N-ethyl adjacent to an activating group) is 1. The number of amides is 4. The van der Waals surface area contributed by atoms with Gasteiger partial charge >= 0.3 is 0 Å². The summed E-state index contributed by atoms with van der Waals surface area (Å²) in [6.45, 7) is 6.14. The summed E-state index contributed by atoms with van der Waals surface area (Å²) < 4.78 is 6.57. The lowest BCUT2D eigenvalue weighted by atomic mass is 9.71. The van der Waals surface area contributed by atoms with Gasteiger partial charge in [-0.05, 0) is 24.2 Å². The van der Waals surface area contributed by atoms with Crippen LogP contribution in [0.25, 0.3) is 0 Å². The summed E-state index contributed by atoms with van der Waals surface area (Å²) in [6.07, 6.45) is 6.78. The minimum absolute atomic E-state index is 0.0651. The van der Waals surface area contributed by atoms with Crippen molar-refractivity contribution in [3.8, 4) is 0 Å². The number of aromatic nitrogens is 1. The van der Waals surface area contributed by atoms with Gasteiger partial charge < -0.3 is 25.2 Å². The predicted octanol–water partition coefficient (Wildman–Crippen LogP) is 1.53. The summed E-state index contributed by atoms with van der Waals surface area (Å²) in [7, 11) is 1.56. The fraction of sp³-hybridized carbons (Fsp3) is 0.750. The van der Waals surface area contributed by atoms with E-state index in [1.54, 1.807) is 23.5 Å². The van der Waals surface area contributed by atoms with Crippen molar-refractivity contribution in [2.75, 3.05) is 39.8 Å². The van der Waals surface area contributed by atoms with Crippen LogP contribution in [0.15, 0.2) is 11.6 Å². The van der Waals surface area contributed by atoms with Crippen LogP contribution < -0.4 is 10.6 Å². The van der Waals surface area contributed by atoms with E-state index in [1.165, 1.54) is 30.6 Å². The van der Waals surface area contributed by atoms with Crippen LogP contribution in [0.3, 0.4) is 0 Å². The Kier molecular flexibility index (Phi) is 6.73. The number of carbonyl (C=O) groups excluding carboxylic acids is 4. The molecule has 4 amide bonds. The molecule has 2 aliphatic carbocycles. The molecular weight excluding hydrogens is 518 g/mol. The molecule has 2 bridgehead atoms. The van der Waals surface area contributed by atoms with E-state index in [0.29, 0.717) is 37.2 Å². The zero-order valence-electron chi connectivity index (χ0n) is 23.0. The Hall–Kier alpha value is -2.53. The number of ether oxygens (including phenoxy) is 1. The molecule has 6 aliphatic rings. The summed E-state index contributed by atoms with van der Waals surface area (Å²) in [4.78, 5) is 62.0. The largest absolute Gasteiger partial charge is 0.375 e. The van der Waals surface area contributed by atoms with Crippen LogP contribution in [0.2, 0.25) is 0 Å². The SMILES string of the molecule is CNC(=O)[C@H]1NC(=O)[C@@H]2CN(C(=O)c3nccs3)CC23CN(C3)C(=O)[C@H]2C([C@H]1OCC1CCCCC1)C2(C)C.